The molecule has 0 aliphatic carbocycles. The molecule has 0 saturated carbocycles. The molecule has 0 amide bonds. The first-order chi connectivity index (χ1) is 11.2. The molecule has 6 nitrogen and oxygen atoms in total. The normalized spacial score (nSPS) is 11.2. The number of carbonyl (C=O) groups is 1. The second-order valence-corrected chi connectivity index (χ2v) is 7.32. The highest BCUT2D eigenvalue weighted by atomic mass is 35.5. The number of carboxylic acids is 1. The van der Waals surface area contributed by atoms with E-state index in [1.807, 2.05) is 0 Å². The number of hydrogen-bond donors (Lipinski definition) is 2. The summed E-state index contributed by atoms with van der Waals surface area (Å²) in [6, 6.07) is 6.40. The number of carboxylic acid groups (broad SMARTS) is 1. The number of ether oxygens (including phenoxy) is 1. The molecule has 9 heteroatoms. The lowest BCUT2D eigenvalue weighted by molar-refractivity contribution is 0.0696. The van der Waals surface area contributed by atoms with Crippen LogP contribution in [-0.4, -0.2) is 26.6 Å². The summed E-state index contributed by atoms with van der Waals surface area (Å²) in [5, 5.41) is 9.33. The van der Waals surface area contributed by atoms with Crippen LogP contribution in [0.2, 0.25) is 10.0 Å². The molecule has 0 aliphatic rings. The lowest BCUT2D eigenvalue weighted by atomic mass is 10.2. The third kappa shape index (κ3) is 3.75. The van der Waals surface area contributed by atoms with Gasteiger partial charge in [-0.25, -0.2) is 13.2 Å². The summed E-state index contributed by atoms with van der Waals surface area (Å²) < 4.78 is 32.6. The Kier molecular flexibility index (Phi) is 5.27. The topological polar surface area (TPSA) is 92.7 Å². The van der Waals surface area contributed by atoms with Gasteiger partial charge in [0.15, 0.2) is 0 Å². The number of halogens is 2. The van der Waals surface area contributed by atoms with E-state index in [0.717, 1.165) is 6.07 Å². The Labute approximate surface area is 149 Å². The zero-order valence-corrected chi connectivity index (χ0v) is 15.0. The summed E-state index contributed by atoms with van der Waals surface area (Å²) in [5.41, 5.74) is 0.607. The van der Waals surface area contributed by atoms with Crippen LogP contribution in [-0.2, 0) is 10.0 Å². The van der Waals surface area contributed by atoms with Gasteiger partial charge in [-0.2, -0.15) is 0 Å². The quantitative estimate of drug-likeness (QED) is 0.810. The van der Waals surface area contributed by atoms with Crippen molar-refractivity contribution in [1.82, 2.24) is 0 Å². The molecule has 0 heterocycles. The molecule has 2 rings (SSSR count). The van der Waals surface area contributed by atoms with E-state index < -0.39 is 16.0 Å². The van der Waals surface area contributed by atoms with Crippen molar-refractivity contribution >= 4 is 44.9 Å². The first kappa shape index (κ1) is 18.4. The number of benzene rings is 2. The van der Waals surface area contributed by atoms with Crippen molar-refractivity contribution in [2.24, 2.45) is 0 Å². The van der Waals surface area contributed by atoms with Gasteiger partial charge in [0.2, 0.25) is 0 Å². The summed E-state index contributed by atoms with van der Waals surface area (Å²) in [5.74, 6) is -1.04. The van der Waals surface area contributed by atoms with Gasteiger partial charge in [0.1, 0.15) is 10.6 Å². The van der Waals surface area contributed by atoms with E-state index in [4.69, 9.17) is 33.0 Å². The second-order valence-electron chi connectivity index (χ2n) is 4.86. The number of anilines is 1. The van der Waals surface area contributed by atoms with Crippen LogP contribution < -0.4 is 9.46 Å². The van der Waals surface area contributed by atoms with E-state index in [0.29, 0.717) is 10.6 Å². The van der Waals surface area contributed by atoms with E-state index in [1.54, 1.807) is 6.92 Å². The molecule has 0 aromatic heterocycles. The van der Waals surface area contributed by atoms with Gasteiger partial charge in [0, 0.05) is 11.1 Å². The van der Waals surface area contributed by atoms with Gasteiger partial charge >= 0.3 is 5.97 Å². The number of nitrogens with one attached hydrogen (secondary N) is 1. The maximum absolute atomic E-state index is 12.6. The summed E-state index contributed by atoms with van der Waals surface area (Å²) >= 11 is 11.9. The first-order valence-corrected chi connectivity index (χ1v) is 8.79. The highest BCUT2D eigenvalue weighted by Gasteiger charge is 2.22. The fourth-order valence-corrected chi connectivity index (χ4v) is 3.70. The van der Waals surface area contributed by atoms with Crippen LogP contribution in [0.4, 0.5) is 5.69 Å². The van der Waals surface area contributed by atoms with Crippen molar-refractivity contribution < 1.29 is 23.1 Å². The number of aromatic carboxylic acids is 1. The van der Waals surface area contributed by atoms with Crippen LogP contribution in [0.15, 0.2) is 35.2 Å². The third-order valence-corrected chi connectivity index (χ3v) is 5.45. The third-order valence-electron chi connectivity index (χ3n) is 3.19. The maximum Gasteiger partial charge on any atom is 0.335 e. The minimum absolute atomic E-state index is 0.0999. The first-order valence-electron chi connectivity index (χ1n) is 6.55. The van der Waals surface area contributed by atoms with Crippen LogP contribution >= 0.6 is 23.2 Å². The highest BCUT2D eigenvalue weighted by Crippen LogP contribution is 2.33. The lowest BCUT2D eigenvalue weighted by Crippen LogP contribution is -2.15. The van der Waals surface area contributed by atoms with Crippen molar-refractivity contribution in [3.8, 4) is 5.75 Å². The number of rotatable bonds is 5. The van der Waals surface area contributed by atoms with Gasteiger partial charge in [-0.3, -0.25) is 4.72 Å². The fourth-order valence-electron chi connectivity index (χ4n) is 1.95. The van der Waals surface area contributed by atoms with Crippen molar-refractivity contribution in [2.45, 2.75) is 11.8 Å². The van der Waals surface area contributed by atoms with Crippen LogP contribution in [0.3, 0.4) is 0 Å². The average Bonchev–Trinajstić information content (AvgIpc) is 2.50. The van der Waals surface area contributed by atoms with Gasteiger partial charge in [0.05, 0.1) is 23.4 Å². The van der Waals surface area contributed by atoms with Gasteiger partial charge in [-0.15, -0.1) is 0 Å². The van der Waals surface area contributed by atoms with Gasteiger partial charge in [-0.05, 0) is 36.8 Å². The van der Waals surface area contributed by atoms with Crippen molar-refractivity contribution in [1.29, 1.82) is 0 Å². The number of aryl methyl sites for hydroxylation is 1. The molecule has 0 atom stereocenters. The van der Waals surface area contributed by atoms with Crippen molar-refractivity contribution in [3.63, 3.8) is 0 Å². The minimum atomic E-state index is -4.13. The molecule has 0 unspecified atom stereocenters. The Morgan fingerprint density at radius 1 is 1.17 bits per heavy atom. The largest absolute Gasteiger partial charge is 0.495 e. The van der Waals surface area contributed by atoms with Gasteiger partial charge in [0.25, 0.3) is 10.0 Å². The molecule has 0 aliphatic heterocycles. The summed E-state index contributed by atoms with van der Waals surface area (Å²) in [7, 11) is -2.76. The Hall–Kier alpha value is -1.96. The van der Waals surface area contributed by atoms with Gasteiger partial charge < -0.3 is 9.84 Å². The smallest absolute Gasteiger partial charge is 0.335 e. The Morgan fingerprint density at radius 2 is 1.83 bits per heavy atom. The standard InChI is InChI=1S/C15H13Cl2NO5S/c1-8-5-12(13(23-2)7-11(8)17)18-24(21,22)14-6-9(15(19)20)3-4-10(14)16/h3-7,18H,1-2H3,(H,19,20). The Morgan fingerprint density at radius 3 is 2.42 bits per heavy atom. The van der Waals surface area contributed by atoms with Crippen LogP contribution in [0, 0.1) is 6.92 Å². The molecule has 0 bridgehead atoms. The molecule has 128 valence electrons. The summed E-state index contributed by atoms with van der Waals surface area (Å²) in [6.45, 7) is 1.71. The second kappa shape index (κ2) is 6.88. The van der Waals surface area contributed by atoms with Crippen LogP contribution in [0.25, 0.3) is 0 Å². The van der Waals surface area contributed by atoms with Crippen LogP contribution in [0.1, 0.15) is 15.9 Å². The SMILES string of the molecule is COc1cc(Cl)c(C)cc1NS(=O)(=O)c1cc(C(=O)O)ccc1Cl. The van der Waals surface area contributed by atoms with E-state index in [-0.39, 0.29) is 26.9 Å². The molecule has 2 aromatic carbocycles. The Balaban J connectivity index is 2.52. The number of sulfonamides is 1. The number of hydrogen-bond acceptors (Lipinski definition) is 4. The fraction of sp³-hybridized carbons (Fsp3) is 0.133. The lowest BCUT2D eigenvalue weighted by Gasteiger charge is -2.14. The van der Waals surface area contributed by atoms with E-state index in [2.05, 4.69) is 4.72 Å². The van der Waals surface area contributed by atoms with E-state index in [9.17, 15) is 13.2 Å². The average molecular weight is 390 g/mol. The molecule has 0 radical (unpaired) electrons. The summed E-state index contributed by atoms with van der Waals surface area (Å²) in [6.07, 6.45) is 0. The summed E-state index contributed by atoms with van der Waals surface area (Å²) in [4.78, 5) is 10.7. The zero-order valence-electron chi connectivity index (χ0n) is 12.6. The maximum atomic E-state index is 12.6. The molecular weight excluding hydrogens is 377 g/mol. The molecule has 0 fully saturated rings. The molecule has 0 spiro atoms. The molecule has 0 saturated heterocycles. The van der Waals surface area contributed by atoms with Crippen molar-refractivity contribution in [3.05, 3.63) is 51.5 Å². The number of methoxy groups -OCH3 is 1. The van der Waals surface area contributed by atoms with Crippen molar-refractivity contribution in [2.75, 3.05) is 11.8 Å². The molecule has 24 heavy (non-hydrogen) atoms. The van der Waals surface area contributed by atoms with E-state index >= 15 is 0 Å². The molecule has 2 N–H and O–H groups in total. The molecule has 2 aromatic rings. The zero-order chi connectivity index (χ0) is 18.1. The Bertz CT molecular complexity index is 912. The van der Waals surface area contributed by atoms with Crippen LogP contribution in [0.5, 0.6) is 5.75 Å². The predicted octanol–water partition coefficient (Wildman–Crippen LogP) is 3.81. The minimum Gasteiger partial charge on any atom is -0.495 e. The van der Waals surface area contributed by atoms with Gasteiger partial charge in [-0.1, -0.05) is 23.2 Å². The molecular formula is C15H13Cl2NO5S. The van der Waals surface area contributed by atoms with E-state index in [1.165, 1.54) is 31.4 Å². The predicted molar refractivity (Wildman–Crippen MR) is 92.0 cm³/mol. The monoisotopic (exact) mass is 389 g/mol. The highest BCUT2D eigenvalue weighted by molar-refractivity contribution is 7.92.